The number of alkyl halides is 3. The number of carbonyl (C=O) groups is 1. The van der Waals surface area contributed by atoms with E-state index in [9.17, 15) is 22.8 Å². The van der Waals surface area contributed by atoms with Crippen molar-refractivity contribution in [1.29, 1.82) is 0 Å². The molecule has 1 unspecified atom stereocenters. The summed E-state index contributed by atoms with van der Waals surface area (Å²) in [5, 5.41) is -0.0787. The highest BCUT2D eigenvalue weighted by Crippen LogP contribution is 2.40. The van der Waals surface area contributed by atoms with Crippen molar-refractivity contribution in [1.82, 2.24) is 0 Å². The standard InChI is InChI=1S/C22H19F3O6/c1-4-29-21(27)12(2)30-13-9-10-15-17(11-13)31-20(22(23,24)25)18(19(15)26)14-7-5-6-8-16(14)28-3/h5-12H,4H2,1-3H3. The van der Waals surface area contributed by atoms with Crippen molar-refractivity contribution in [3.8, 4) is 22.6 Å². The highest BCUT2D eigenvalue weighted by Gasteiger charge is 2.40. The Kier molecular flexibility index (Phi) is 6.24. The van der Waals surface area contributed by atoms with Crippen LogP contribution in [0.5, 0.6) is 11.5 Å². The molecule has 3 rings (SSSR count). The molecule has 0 radical (unpaired) electrons. The number of esters is 1. The molecule has 0 aliphatic carbocycles. The number of ether oxygens (including phenoxy) is 3. The number of fused-ring (bicyclic) bond motifs is 1. The first-order chi connectivity index (χ1) is 14.7. The van der Waals surface area contributed by atoms with Crippen LogP contribution in [-0.4, -0.2) is 25.8 Å². The molecule has 1 aromatic heterocycles. The number of benzene rings is 2. The predicted molar refractivity (Wildman–Crippen MR) is 106 cm³/mol. The van der Waals surface area contributed by atoms with Crippen molar-refractivity contribution >= 4 is 16.9 Å². The lowest BCUT2D eigenvalue weighted by Crippen LogP contribution is -2.26. The Hall–Kier alpha value is -3.49. The van der Waals surface area contributed by atoms with Crippen molar-refractivity contribution in [3.63, 3.8) is 0 Å². The molecule has 2 aromatic carbocycles. The van der Waals surface area contributed by atoms with Gasteiger partial charge in [-0.15, -0.1) is 0 Å². The molecule has 3 aromatic rings. The second-order valence-electron chi connectivity index (χ2n) is 6.50. The highest BCUT2D eigenvalue weighted by molar-refractivity contribution is 5.85. The third-order valence-electron chi connectivity index (χ3n) is 4.43. The van der Waals surface area contributed by atoms with Crippen LogP contribution in [0.3, 0.4) is 0 Å². The van der Waals surface area contributed by atoms with Crippen LogP contribution in [0, 0.1) is 0 Å². The molecule has 0 fully saturated rings. The molecule has 0 aliphatic rings. The summed E-state index contributed by atoms with van der Waals surface area (Å²) in [6, 6.07) is 9.66. The number of hydrogen-bond acceptors (Lipinski definition) is 6. The van der Waals surface area contributed by atoms with Crippen molar-refractivity contribution < 1.29 is 36.6 Å². The normalized spacial score (nSPS) is 12.5. The van der Waals surface area contributed by atoms with E-state index in [0.29, 0.717) is 0 Å². The molecule has 0 amide bonds. The number of rotatable bonds is 6. The fraction of sp³-hybridized carbons (Fsp3) is 0.273. The monoisotopic (exact) mass is 436 g/mol. The van der Waals surface area contributed by atoms with Crippen LogP contribution < -0.4 is 14.9 Å². The van der Waals surface area contributed by atoms with E-state index in [4.69, 9.17) is 18.6 Å². The number of methoxy groups -OCH3 is 1. The minimum absolute atomic E-state index is 0.0377. The molecule has 0 spiro atoms. The smallest absolute Gasteiger partial charge is 0.450 e. The van der Waals surface area contributed by atoms with Crippen LogP contribution in [0.4, 0.5) is 13.2 Å². The maximum absolute atomic E-state index is 13.8. The lowest BCUT2D eigenvalue weighted by molar-refractivity contribution is -0.152. The van der Waals surface area contributed by atoms with E-state index in [0.717, 1.165) is 6.07 Å². The van der Waals surface area contributed by atoms with Gasteiger partial charge < -0.3 is 18.6 Å². The van der Waals surface area contributed by atoms with Crippen molar-refractivity contribution in [3.05, 3.63) is 58.4 Å². The minimum atomic E-state index is -4.95. The Morgan fingerprint density at radius 2 is 1.87 bits per heavy atom. The van der Waals surface area contributed by atoms with Gasteiger partial charge in [-0.2, -0.15) is 13.2 Å². The lowest BCUT2D eigenvalue weighted by Gasteiger charge is -2.16. The molecule has 0 N–H and O–H groups in total. The number of hydrogen-bond donors (Lipinski definition) is 0. The summed E-state index contributed by atoms with van der Waals surface area (Å²) >= 11 is 0. The predicted octanol–water partition coefficient (Wildman–Crippen LogP) is 4.82. The quantitative estimate of drug-likeness (QED) is 0.516. The van der Waals surface area contributed by atoms with Crippen LogP contribution in [0.1, 0.15) is 19.6 Å². The Morgan fingerprint density at radius 1 is 1.16 bits per heavy atom. The Bertz CT molecular complexity index is 1170. The largest absolute Gasteiger partial charge is 0.496 e. The highest BCUT2D eigenvalue weighted by atomic mass is 19.4. The maximum Gasteiger partial charge on any atom is 0.450 e. The molecule has 0 saturated carbocycles. The molecule has 6 nitrogen and oxygen atoms in total. The van der Waals surface area contributed by atoms with Gasteiger partial charge in [-0.3, -0.25) is 4.79 Å². The topological polar surface area (TPSA) is 75.0 Å². The first-order valence-electron chi connectivity index (χ1n) is 9.32. The Balaban J connectivity index is 2.18. The van der Waals surface area contributed by atoms with Crippen molar-refractivity contribution in [2.24, 2.45) is 0 Å². The van der Waals surface area contributed by atoms with E-state index in [1.165, 1.54) is 44.4 Å². The zero-order valence-corrected chi connectivity index (χ0v) is 16.9. The van der Waals surface area contributed by atoms with E-state index in [2.05, 4.69) is 0 Å². The first-order valence-corrected chi connectivity index (χ1v) is 9.32. The summed E-state index contributed by atoms with van der Waals surface area (Å²) in [7, 11) is 1.29. The van der Waals surface area contributed by atoms with Gasteiger partial charge in [-0.05, 0) is 32.0 Å². The second kappa shape index (κ2) is 8.71. The fourth-order valence-corrected chi connectivity index (χ4v) is 3.05. The van der Waals surface area contributed by atoms with Crippen LogP contribution in [0.25, 0.3) is 22.1 Å². The van der Waals surface area contributed by atoms with Gasteiger partial charge in [0.05, 0.1) is 24.7 Å². The van der Waals surface area contributed by atoms with Gasteiger partial charge in [0.15, 0.2) is 6.10 Å². The Morgan fingerprint density at radius 3 is 2.52 bits per heavy atom. The average Bonchev–Trinajstić information content (AvgIpc) is 2.73. The average molecular weight is 436 g/mol. The van der Waals surface area contributed by atoms with E-state index >= 15 is 0 Å². The summed E-state index contributed by atoms with van der Waals surface area (Å²) in [4.78, 5) is 24.8. The van der Waals surface area contributed by atoms with Gasteiger partial charge in [0.1, 0.15) is 17.1 Å². The SMILES string of the molecule is CCOC(=O)C(C)Oc1ccc2c(=O)c(-c3ccccc3OC)c(C(F)(F)F)oc2c1. The minimum Gasteiger partial charge on any atom is -0.496 e. The molecular formula is C22H19F3O6. The van der Waals surface area contributed by atoms with Gasteiger partial charge in [0.25, 0.3) is 0 Å². The zero-order chi connectivity index (χ0) is 22.8. The summed E-state index contributed by atoms with van der Waals surface area (Å²) in [6.45, 7) is 3.22. The van der Waals surface area contributed by atoms with Gasteiger partial charge in [-0.1, -0.05) is 18.2 Å². The van der Waals surface area contributed by atoms with Gasteiger partial charge >= 0.3 is 12.1 Å². The van der Waals surface area contributed by atoms with E-state index in [-0.39, 0.29) is 34.6 Å². The van der Waals surface area contributed by atoms with Crippen LogP contribution in [-0.2, 0) is 15.7 Å². The third kappa shape index (κ3) is 4.50. The van der Waals surface area contributed by atoms with Crippen LogP contribution in [0.2, 0.25) is 0 Å². The third-order valence-corrected chi connectivity index (χ3v) is 4.43. The number of carbonyl (C=O) groups excluding carboxylic acids is 1. The van der Waals surface area contributed by atoms with Gasteiger partial charge in [0.2, 0.25) is 11.2 Å². The summed E-state index contributed by atoms with van der Waals surface area (Å²) < 4.78 is 62.0. The molecular weight excluding hydrogens is 417 g/mol. The molecule has 1 heterocycles. The second-order valence-corrected chi connectivity index (χ2v) is 6.50. The molecule has 164 valence electrons. The first kappa shape index (κ1) is 22.2. The summed E-state index contributed by atoms with van der Waals surface area (Å²) in [6.07, 6.45) is -5.95. The summed E-state index contributed by atoms with van der Waals surface area (Å²) in [5.74, 6) is -1.94. The molecule has 1 atom stereocenters. The number of para-hydroxylation sites is 1. The van der Waals surface area contributed by atoms with Crippen LogP contribution in [0.15, 0.2) is 51.7 Å². The molecule has 0 bridgehead atoms. The van der Waals surface area contributed by atoms with Gasteiger partial charge in [0, 0.05) is 11.6 Å². The van der Waals surface area contributed by atoms with E-state index in [1.807, 2.05) is 0 Å². The van der Waals surface area contributed by atoms with E-state index < -0.39 is 35.0 Å². The fourth-order valence-electron chi connectivity index (χ4n) is 3.05. The summed E-state index contributed by atoms with van der Waals surface area (Å²) in [5.41, 5.74) is -1.89. The Labute approximate surface area is 175 Å². The van der Waals surface area contributed by atoms with Crippen molar-refractivity contribution in [2.75, 3.05) is 13.7 Å². The molecule has 0 saturated heterocycles. The van der Waals surface area contributed by atoms with Crippen LogP contribution >= 0.6 is 0 Å². The molecule has 0 aliphatic heterocycles. The van der Waals surface area contributed by atoms with E-state index in [1.54, 1.807) is 13.0 Å². The molecule has 31 heavy (non-hydrogen) atoms. The van der Waals surface area contributed by atoms with Gasteiger partial charge in [-0.25, -0.2) is 4.79 Å². The molecule has 9 heteroatoms. The maximum atomic E-state index is 13.8. The lowest BCUT2D eigenvalue weighted by atomic mass is 10.0. The zero-order valence-electron chi connectivity index (χ0n) is 16.9. The number of halogens is 3. The van der Waals surface area contributed by atoms with Crippen molar-refractivity contribution in [2.45, 2.75) is 26.1 Å².